The van der Waals surface area contributed by atoms with Crippen LogP contribution in [0.15, 0.2) is 47.4 Å². The number of carboxylic acids is 1. The number of sulfone groups is 1. The van der Waals surface area contributed by atoms with Gasteiger partial charge < -0.3 is 9.90 Å². The molecule has 3 rings (SSSR count). The molecule has 0 spiro atoms. The molecular formula is C23H23O4S-. The lowest BCUT2D eigenvalue weighted by atomic mass is 9.63. The molecular weight excluding hydrogens is 372 g/mol. The van der Waals surface area contributed by atoms with Crippen molar-refractivity contribution in [2.24, 2.45) is 0 Å². The molecule has 5 heteroatoms. The minimum absolute atomic E-state index is 0.0135. The van der Waals surface area contributed by atoms with E-state index in [0.717, 1.165) is 18.4 Å². The van der Waals surface area contributed by atoms with Gasteiger partial charge in [-0.05, 0) is 70.5 Å². The van der Waals surface area contributed by atoms with Gasteiger partial charge in [0, 0.05) is 10.8 Å². The van der Waals surface area contributed by atoms with E-state index in [0.29, 0.717) is 5.56 Å². The fourth-order valence-electron chi connectivity index (χ4n) is 3.61. The van der Waals surface area contributed by atoms with Gasteiger partial charge in [0.25, 0.3) is 0 Å². The summed E-state index contributed by atoms with van der Waals surface area (Å²) in [5.41, 5.74) is 2.61. The summed E-state index contributed by atoms with van der Waals surface area (Å²) in [6.07, 6.45) is 2.05. The molecule has 0 N–H and O–H groups in total. The van der Waals surface area contributed by atoms with Crippen molar-refractivity contribution in [2.45, 2.75) is 56.3 Å². The van der Waals surface area contributed by atoms with Crippen molar-refractivity contribution < 1.29 is 18.3 Å². The van der Waals surface area contributed by atoms with E-state index < -0.39 is 15.8 Å². The quantitative estimate of drug-likeness (QED) is 0.732. The topological polar surface area (TPSA) is 74.3 Å². The highest BCUT2D eigenvalue weighted by atomic mass is 32.2. The fourth-order valence-corrected chi connectivity index (χ4v) is 4.50. The van der Waals surface area contributed by atoms with Gasteiger partial charge in [0.2, 0.25) is 9.84 Å². The molecule has 0 atom stereocenters. The number of carboxylic acid groups (broad SMARTS) is 1. The van der Waals surface area contributed by atoms with Gasteiger partial charge in [-0.3, -0.25) is 0 Å². The fraction of sp³-hybridized carbons (Fsp3) is 0.348. The Hall–Kier alpha value is -2.58. The zero-order valence-corrected chi connectivity index (χ0v) is 17.3. The third kappa shape index (κ3) is 3.83. The highest BCUT2D eigenvalue weighted by Gasteiger charge is 2.37. The minimum atomic E-state index is -3.80. The maximum atomic E-state index is 12.8. The number of carbonyl (C=O) groups is 1. The summed E-state index contributed by atoms with van der Waals surface area (Å²) in [5.74, 6) is 1.33. The number of hydrogen-bond donors (Lipinski definition) is 0. The Balaban J connectivity index is 1.99. The Morgan fingerprint density at radius 2 is 1.50 bits per heavy atom. The third-order valence-electron chi connectivity index (χ3n) is 5.58. The van der Waals surface area contributed by atoms with E-state index in [1.165, 1.54) is 29.8 Å². The van der Waals surface area contributed by atoms with Crippen molar-refractivity contribution in [3.63, 3.8) is 0 Å². The van der Waals surface area contributed by atoms with E-state index >= 15 is 0 Å². The molecule has 2 aromatic carbocycles. The van der Waals surface area contributed by atoms with Crippen molar-refractivity contribution in [3.8, 4) is 11.2 Å². The zero-order chi connectivity index (χ0) is 20.7. The predicted molar refractivity (Wildman–Crippen MR) is 107 cm³/mol. The van der Waals surface area contributed by atoms with Crippen molar-refractivity contribution in [3.05, 3.63) is 64.7 Å². The van der Waals surface area contributed by atoms with Crippen LogP contribution >= 0.6 is 0 Å². The smallest absolute Gasteiger partial charge is 0.245 e. The van der Waals surface area contributed by atoms with Crippen LogP contribution in [0.25, 0.3) is 0 Å². The van der Waals surface area contributed by atoms with Gasteiger partial charge in [0.1, 0.15) is 0 Å². The molecule has 0 radical (unpaired) electrons. The first-order valence-electron chi connectivity index (χ1n) is 9.17. The Morgan fingerprint density at radius 3 is 2.07 bits per heavy atom. The first kappa shape index (κ1) is 20.2. The van der Waals surface area contributed by atoms with Crippen LogP contribution in [0.3, 0.4) is 0 Å². The summed E-state index contributed by atoms with van der Waals surface area (Å²) >= 11 is 0. The van der Waals surface area contributed by atoms with Gasteiger partial charge in [-0.1, -0.05) is 45.9 Å². The monoisotopic (exact) mass is 395 g/mol. The summed E-state index contributed by atoms with van der Waals surface area (Å²) in [6.45, 7) is 8.65. The summed E-state index contributed by atoms with van der Waals surface area (Å²) < 4.78 is 25.5. The standard InChI is InChI=1S/C23H24O4S/c1-22(2)12-13-23(3,4)20-15-18(9-10-19(20)22)28(26,27)14-11-16-5-7-17(8-6-16)21(24)25/h5-10,15H,12-13H2,1-4H3,(H,24,25)/p-1. The van der Waals surface area contributed by atoms with Crippen LogP contribution in [0.5, 0.6) is 0 Å². The molecule has 0 aromatic heterocycles. The Morgan fingerprint density at radius 1 is 0.929 bits per heavy atom. The maximum Gasteiger partial charge on any atom is 0.245 e. The van der Waals surface area contributed by atoms with Crippen LogP contribution in [-0.2, 0) is 20.7 Å². The van der Waals surface area contributed by atoms with Crippen LogP contribution in [-0.4, -0.2) is 14.4 Å². The molecule has 0 unspecified atom stereocenters. The second-order valence-corrected chi connectivity index (χ2v) is 10.3. The molecule has 0 bridgehead atoms. The molecule has 0 fully saturated rings. The molecule has 0 aliphatic heterocycles. The van der Waals surface area contributed by atoms with Crippen molar-refractivity contribution in [2.75, 3.05) is 0 Å². The molecule has 4 nitrogen and oxygen atoms in total. The number of fused-ring (bicyclic) bond motifs is 1. The lowest BCUT2D eigenvalue weighted by molar-refractivity contribution is -0.255. The molecule has 0 saturated heterocycles. The van der Waals surface area contributed by atoms with Crippen molar-refractivity contribution in [1.29, 1.82) is 0 Å². The normalized spacial score (nSPS) is 17.1. The van der Waals surface area contributed by atoms with Crippen molar-refractivity contribution in [1.82, 2.24) is 0 Å². The first-order valence-corrected chi connectivity index (χ1v) is 10.6. The zero-order valence-electron chi connectivity index (χ0n) is 16.5. The number of carbonyl (C=O) groups excluding carboxylic acids is 1. The molecule has 1 aliphatic rings. The van der Waals surface area contributed by atoms with Gasteiger partial charge in [-0.25, -0.2) is 8.42 Å². The highest BCUT2D eigenvalue weighted by molar-refractivity contribution is 7.96. The van der Waals surface area contributed by atoms with E-state index in [1.54, 1.807) is 12.1 Å². The average Bonchev–Trinajstić information content (AvgIpc) is 2.64. The van der Waals surface area contributed by atoms with Gasteiger partial charge in [-0.15, -0.1) is 0 Å². The molecule has 1 aliphatic carbocycles. The summed E-state index contributed by atoms with van der Waals surface area (Å²) in [5, 5.41) is 13.1. The van der Waals surface area contributed by atoms with Crippen molar-refractivity contribution >= 4 is 15.8 Å². The number of aromatic carboxylic acids is 1. The molecule has 0 heterocycles. The van der Waals surface area contributed by atoms with E-state index in [-0.39, 0.29) is 21.3 Å². The number of hydrogen-bond acceptors (Lipinski definition) is 4. The lowest BCUT2D eigenvalue weighted by Crippen LogP contribution is -2.34. The highest BCUT2D eigenvalue weighted by Crippen LogP contribution is 2.46. The van der Waals surface area contributed by atoms with Gasteiger partial charge in [-0.2, -0.15) is 0 Å². The summed E-state index contributed by atoms with van der Waals surface area (Å²) in [4.78, 5) is 11.0. The number of benzene rings is 2. The molecule has 0 amide bonds. The number of rotatable bonds is 2. The SMILES string of the molecule is CC1(C)CCC(C)(C)c2cc(S(=O)(=O)C#Cc3ccc(C(=O)[O-])cc3)ccc21. The minimum Gasteiger partial charge on any atom is -0.545 e. The lowest BCUT2D eigenvalue weighted by Gasteiger charge is -2.41. The Bertz CT molecular complexity index is 1100. The van der Waals surface area contributed by atoms with E-state index in [2.05, 4.69) is 38.9 Å². The van der Waals surface area contributed by atoms with Crippen LogP contribution in [0.1, 0.15) is 67.6 Å². The molecule has 146 valence electrons. The van der Waals surface area contributed by atoms with E-state index in [1.807, 2.05) is 6.07 Å². The van der Waals surface area contributed by atoms with Crippen LogP contribution in [0.4, 0.5) is 0 Å². The van der Waals surface area contributed by atoms with Crippen LogP contribution in [0, 0.1) is 11.2 Å². The summed E-state index contributed by atoms with van der Waals surface area (Å²) in [6, 6.07) is 10.9. The largest absolute Gasteiger partial charge is 0.545 e. The third-order valence-corrected chi connectivity index (χ3v) is 6.83. The Kier molecular flexibility index (Phi) is 4.89. The second-order valence-electron chi connectivity index (χ2n) is 8.57. The van der Waals surface area contributed by atoms with Gasteiger partial charge in [0.05, 0.1) is 10.9 Å². The predicted octanol–water partition coefficient (Wildman–Crippen LogP) is 3.18. The van der Waals surface area contributed by atoms with E-state index in [4.69, 9.17) is 0 Å². The van der Waals surface area contributed by atoms with Crippen LogP contribution in [0.2, 0.25) is 0 Å². The first-order chi connectivity index (χ1) is 12.9. The van der Waals surface area contributed by atoms with Gasteiger partial charge in [0.15, 0.2) is 0 Å². The Labute approximate surface area is 166 Å². The molecule has 28 heavy (non-hydrogen) atoms. The average molecular weight is 396 g/mol. The van der Waals surface area contributed by atoms with Gasteiger partial charge >= 0.3 is 0 Å². The van der Waals surface area contributed by atoms with Crippen LogP contribution < -0.4 is 5.11 Å². The van der Waals surface area contributed by atoms with E-state index in [9.17, 15) is 18.3 Å². The second kappa shape index (κ2) is 6.79. The maximum absolute atomic E-state index is 12.8. The molecule has 0 saturated carbocycles. The summed E-state index contributed by atoms with van der Waals surface area (Å²) in [7, 11) is -3.80. The molecule has 2 aromatic rings.